The Bertz CT molecular complexity index is 1110. The van der Waals surface area contributed by atoms with Crippen LogP contribution in [0.25, 0.3) is 33.8 Å². The minimum absolute atomic E-state index is 0.258. The fourth-order valence-corrected chi connectivity index (χ4v) is 2.85. The molecule has 4 aromatic rings. The number of fused-ring (bicyclic) bond motifs is 1. The summed E-state index contributed by atoms with van der Waals surface area (Å²) in [4.78, 5) is 17.3. The van der Waals surface area contributed by atoms with Crippen molar-refractivity contribution in [2.24, 2.45) is 0 Å². The van der Waals surface area contributed by atoms with E-state index in [-0.39, 0.29) is 11.6 Å². The van der Waals surface area contributed by atoms with E-state index in [1.54, 1.807) is 30.5 Å². The Morgan fingerprint density at radius 2 is 2.07 bits per heavy atom. The van der Waals surface area contributed by atoms with Crippen LogP contribution in [0.1, 0.15) is 15.9 Å². The summed E-state index contributed by atoms with van der Waals surface area (Å²) in [7, 11) is 0. The maximum Gasteiger partial charge on any atom is 0.259 e. The Morgan fingerprint density at radius 3 is 2.78 bits per heavy atom. The van der Waals surface area contributed by atoms with E-state index in [4.69, 9.17) is 8.94 Å². The molecule has 4 rings (SSSR count). The molecule has 6 nitrogen and oxygen atoms in total. The van der Waals surface area contributed by atoms with Gasteiger partial charge in [-0.05, 0) is 25.1 Å². The van der Waals surface area contributed by atoms with Gasteiger partial charge >= 0.3 is 0 Å². The van der Waals surface area contributed by atoms with Gasteiger partial charge in [0.2, 0.25) is 0 Å². The van der Waals surface area contributed by atoms with Gasteiger partial charge in [-0.3, -0.25) is 4.79 Å². The van der Waals surface area contributed by atoms with Crippen molar-refractivity contribution in [1.29, 1.82) is 0 Å². The van der Waals surface area contributed by atoms with Gasteiger partial charge in [0, 0.05) is 12.1 Å². The van der Waals surface area contributed by atoms with Gasteiger partial charge < -0.3 is 14.3 Å². The van der Waals surface area contributed by atoms with Crippen LogP contribution >= 0.6 is 0 Å². The smallest absolute Gasteiger partial charge is 0.259 e. The summed E-state index contributed by atoms with van der Waals surface area (Å²) in [5.41, 5.74) is 3.77. The van der Waals surface area contributed by atoms with E-state index in [0.717, 1.165) is 11.1 Å². The summed E-state index contributed by atoms with van der Waals surface area (Å²) in [6.07, 6.45) is 3.18. The quantitative estimate of drug-likeness (QED) is 0.535. The first-order valence-electron chi connectivity index (χ1n) is 8.48. The molecule has 0 radical (unpaired) electrons. The molecule has 0 aliphatic rings. The van der Waals surface area contributed by atoms with Crippen LogP contribution in [-0.2, 0) is 0 Å². The number of hydrogen-bond acceptors (Lipinski definition) is 5. The topological polar surface area (TPSA) is 81.2 Å². The van der Waals surface area contributed by atoms with Gasteiger partial charge in [-0.15, -0.1) is 6.58 Å². The van der Waals surface area contributed by atoms with E-state index in [1.807, 2.05) is 31.2 Å². The van der Waals surface area contributed by atoms with Crippen LogP contribution in [0.2, 0.25) is 0 Å². The number of carbonyl (C=O) groups excluding carboxylic acids is 1. The van der Waals surface area contributed by atoms with E-state index < -0.39 is 0 Å². The molecule has 6 heteroatoms. The predicted molar refractivity (Wildman–Crippen MR) is 102 cm³/mol. The summed E-state index contributed by atoms with van der Waals surface area (Å²) in [6, 6.07) is 13.1. The Kier molecular flexibility index (Phi) is 4.30. The van der Waals surface area contributed by atoms with Crippen LogP contribution < -0.4 is 5.32 Å². The number of hydrogen-bond donors (Lipinski definition) is 1. The first kappa shape index (κ1) is 16.8. The van der Waals surface area contributed by atoms with Gasteiger partial charge in [-0.1, -0.05) is 41.1 Å². The molecule has 0 aliphatic carbocycles. The molecule has 1 aromatic carbocycles. The van der Waals surface area contributed by atoms with Gasteiger partial charge in [0.15, 0.2) is 5.76 Å². The molecule has 0 fully saturated rings. The van der Waals surface area contributed by atoms with E-state index in [0.29, 0.717) is 34.6 Å². The van der Waals surface area contributed by atoms with Gasteiger partial charge in [0.25, 0.3) is 11.6 Å². The number of carbonyl (C=O) groups is 1. The standard InChI is InChI=1S/C21H17N3O3/c1-3-10-22-20(25)15-12-16(17-5-4-11-26-17)23-21-18(15)19(24-27-21)14-8-6-13(2)7-9-14/h3-9,11-12H,1,10H2,2H3,(H,22,25). The molecule has 0 spiro atoms. The summed E-state index contributed by atoms with van der Waals surface area (Å²) in [6.45, 7) is 6.00. The third-order valence-corrected chi connectivity index (χ3v) is 4.20. The average molecular weight is 359 g/mol. The van der Waals surface area contributed by atoms with Crippen LogP contribution in [0.5, 0.6) is 0 Å². The highest BCUT2D eigenvalue weighted by atomic mass is 16.5. The first-order valence-corrected chi connectivity index (χ1v) is 8.48. The highest BCUT2D eigenvalue weighted by Gasteiger charge is 2.22. The fourth-order valence-electron chi connectivity index (χ4n) is 2.85. The predicted octanol–water partition coefficient (Wildman–Crippen LogP) is 4.37. The monoisotopic (exact) mass is 359 g/mol. The Labute approximate surface area is 155 Å². The molecule has 27 heavy (non-hydrogen) atoms. The van der Waals surface area contributed by atoms with Crippen molar-refractivity contribution in [3.63, 3.8) is 0 Å². The molecule has 1 amide bonds. The number of furan rings is 1. The summed E-state index contributed by atoms with van der Waals surface area (Å²) in [5.74, 6) is 0.287. The normalized spacial score (nSPS) is 10.9. The van der Waals surface area contributed by atoms with E-state index in [1.165, 1.54) is 0 Å². The van der Waals surface area contributed by atoms with Crippen molar-refractivity contribution < 1.29 is 13.7 Å². The van der Waals surface area contributed by atoms with E-state index in [2.05, 4.69) is 22.0 Å². The Balaban J connectivity index is 1.93. The molecule has 0 atom stereocenters. The van der Waals surface area contributed by atoms with Crippen LogP contribution in [0.15, 0.2) is 70.3 Å². The van der Waals surface area contributed by atoms with Crippen molar-refractivity contribution in [3.8, 4) is 22.7 Å². The zero-order chi connectivity index (χ0) is 18.8. The van der Waals surface area contributed by atoms with Gasteiger partial charge in [-0.25, -0.2) is 4.98 Å². The van der Waals surface area contributed by atoms with Crippen molar-refractivity contribution >= 4 is 17.0 Å². The molecule has 3 aromatic heterocycles. The number of aryl methyl sites for hydroxylation is 1. The molecule has 1 N–H and O–H groups in total. The molecular weight excluding hydrogens is 342 g/mol. The lowest BCUT2D eigenvalue weighted by molar-refractivity contribution is 0.0959. The maximum atomic E-state index is 12.8. The number of rotatable bonds is 5. The summed E-state index contributed by atoms with van der Waals surface area (Å²) < 4.78 is 10.9. The molecule has 0 bridgehead atoms. The van der Waals surface area contributed by atoms with Crippen LogP contribution in [0, 0.1) is 6.92 Å². The number of nitrogens with one attached hydrogen (secondary N) is 1. The van der Waals surface area contributed by atoms with Gasteiger partial charge in [-0.2, -0.15) is 0 Å². The second-order valence-corrected chi connectivity index (χ2v) is 6.11. The van der Waals surface area contributed by atoms with Crippen molar-refractivity contribution in [2.45, 2.75) is 6.92 Å². The number of aromatic nitrogens is 2. The lowest BCUT2D eigenvalue weighted by Gasteiger charge is -2.07. The SMILES string of the molecule is C=CCNC(=O)c1cc(-c2ccco2)nc2onc(-c3ccc(C)cc3)c12. The fraction of sp³-hybridized carbons (Fsp3) is 0.0952. The first-order chi connectivity index (χ1) is 13.2. The van der Waals surface area contributed by atoms with Crippen LogP contribution in [-0.4, -0.2) is 22.6 Å². The lowest BCUT2D eigenvalue weighted by Crippen LogP contribution is -2.23. The average Bonchev–Trinajstić information content (AvgIpc) is 3.36. The Hall–Kier alpha value is -3.67. The summed E-state index contributed by atoms with van der Waals surface area (Å²) in [5, 5.41) is 7.54. The van der Waals surface area contributed by atoms with Crippen LogP contribution in [0.3, 0.4) is 0 Å². The third-order valence-electron chi connectivity index (χ3n) is 4.20. The van der Waals surface area contributed by atoms with Crippen molar-refractivity contribution in [3.05, 3.63) is 72.5 Å². The van der Waals surface area contributed by atoms with Gasteiger partial charge in [0.1, 0.15) is 11.4 Å². The number of benzene rings is 1. The number of amides is 1. The number of pyridine rings is 1. The zero-order valence-electron chi connectivity index (χ0n) is 14.7. The molecule has 0 aliphatic heterocycles. The lowest BCUT2D eigenvalue weighted by atomic mass is 10.0. The minimum Gasteiger partial charge on any atom is -0.463 e. The molecule has 0 unspecified atom stereocenters. The molecule has 0 saturated heterocycles. The Morgan fingerprint density at radius 1 is 1.26 bits per heavy atom. The summed E-state index contributed by atoms with van der Waals surface area (Å²) >= 11 is 0. The largest absolute Gasteiger partial charge is 0.463 e. The minimum atomic E-state index is -0.258. The number of nitrogens with zero attached hydrogens (tertiary/aromatic N) is 2. The molecular formula is C21H17N3O3. The molecule has 134 valence electrons. The van der Waals surface area contributed by atoms with E-state index >= 15 is 0 Å². The van der Waals surface area contributed by atoms with Crippen molar-refractivity contribution in [1.82, 2.24) is 15.5 Å². The third kappa shape index (κ3) is 3.13. The maximum absolute atomic E-state index is 12.8. The van der Waals surface area contributed by atoms with Crippen LogP contribution in [0.4, 0.5) is 0 Å². The highest BCUT2D eigenvalue weighted by Crippen LogP contribution is 2.32. The van der Waals surface area contributed by atoms with Gasteiger partial charge in [0.05, 0.1) is 17.2 Å². The molecule has 3 heterocycles. The van der Waals surface area contributed by atoms with Crippen molar-refractivity contribution in [2.75, 3.05) is 6.54 Å². The second kappa shape index (κ2) is 6.92. The molecule has 0 saturated carbocycles. The van der Waals surface area contributed by atoms with E-state index in [9.17, 15) is 4.79 Å². The zero-order valence-corrected chi connectivity index (χ0v) is 14.7. The second-order valence-electron chi connectivity index (χ2n) is 6.11. The highest BCUT2D eigenvalue weighted by molar-refractivity contribution is 6.10.